The van der Waals surface area contributed by atoms with Crippen LogP contribution in [-0.2, 0) is 4.79 Å². The van der Waals surface area contributed by atoms with Crippen molar-refractivity contribution in [2.75, 3.05) is 0 Å². The maximum atomic E-state index is 13.3. The molecule has 3 rings (SSSR count). The molecule has 23 heavy (non-hydrogen) atoms. The number of hydrogen-bond acceptors (Lipinski definition) is 4. The molecule has 1 unspecified atom stereocenters. The smallest absolute Gasteiger partial charge is 0.330 e. The minimum absolute atomic E-state index is 0.0389. The SMILES string of the molecule is Cc1cc(C(NC(=O)c2cc(C3CC3)on2)C(=O)O)ccc1F. The van der Waals surface area contributed by atoms with Gasteiger partial charge in [-0.05, 0) is 37.0 Å². The third kappa shape index (κ3) is 3.23. The van der Waals surface area contributed by atoms with Crippen LogP contribution in [0.3, 0.4) is 0 Å². The summed E-state index contributed by atoms with van der Waals surface area (Å²) >= 11 is 0. The van der Waals surface area contributed by atoms with Crippen molar-refractivity contribution in [2.45, 2.75) is 31.7 Å². The third-order valence-corrected chi connectivity index (χ3v) is 3.78. The summed E-state index contributed by atoms with van der Waals surface area (Å²) in [5, 5.41) is 15.4. The van der Waals surface area contributed by atoms with Crippen molar-refractivity contribution in [3.8, 4) is 0 Å². The second-order valence-corrected chi connectivity index (χ2v) is 5.64. The van der Waals surface area contributed by atoms with Gasteiger partial charge in [-0.1, -0.05) is 17.3 Å². The van der Waals surface area contributed by atoms with E-state index in [0.717, 1.165) is 12.8 Å². The Morgan fingerprint density at radius 3 is 2.74 bits per heavy atom. The highest BCUT2D eigenvalue weighted by Gasteiger charge is 2.30. The van der Waals surface area contributed by atoms with E-state index in [4.69, 9.17) is 4.52 Å². The van der Waals surface area contributed by atoms with Gasteiger partial charge in [0, 0.05) is 12.0 Å². The number of aromatic nitrogens is 1. The summed E-state index contributed by atoms with van der Waals surface area (Å²) in [5.74, 6) is -1.38. The number of hydrogen-bond donors (Lipinski definition) is 2. The van der Waals surface area contributed by atoms with Crippen molar-refractivity contribution in [1.29, 1.82) is 0 Å². The van der Waals surface area contributed by atoms with Gasteiger partial charge in [-0.2, -0.15) is 0 Å². The minimum Gasteiger partial charge on any atom is -0.479 e. The Balaban J connectivity index is 1.79. The fourth-order valence-electron chi connectivity index (χ4n) is 2.30. The van der Waals surface area contributed by atoms with Crippen LogP contribution in [-0.4, -0.2) is 22.1 Å². The number of carboxylic acids is 1. The zero-order valence-electron chi connectivity index (χ0n) is 12.4. The van der Waals surface area contributed by atoms with Crippen LogP contribution in [0.2, 0.25) is 0 Å². The number of benzene rings is 1. The molecule has 0 spiro atoms. The highest BCUT2D eigenvalue weighted by Crippen LogP contribution is 2.40. The van der Waals surface area contributed by atoms with E-state index in [1.165, 1.54) is 31.2 Å². The van der Waals surface area contributed by atoms with Crippen molar-refractivity contribution in [3.63, 3.8) is 0 Å². The van der Waals surface area contributed by atoms with Crippen LogP contribution in [0.15, 0.2) is 28.8 Å². The van der Waals surface area contributed by atoms with Crippen LogP contribution in [0.4, 0.5) is 4.39 Å². The number of amides is 1. The lowest BCUT2D eigenvalue weighted by Gasteiger charge is -2.14. The number of nitrogens with zero attached hydrogens (tertiary/aromatic N) is 1. The van der Waals surface area contributed by atoms with Gasteiger partial charge in [-0.3, -0.25) is 4.79 Å². The number of carbonyl (C=O) groups excluding carboxylic acids is 1. The van der Waals surface area contributed by atoms with Gasteiger partial charge >= 0.3 is 5.97 Å². The van der Waals surface area contributed by atoms with Crippen molar-refractivity contribution in [2.24, 2.45) is 0 Å². The molecule has 1 atom stereocenters. The van der Waals surface area contributed by atoms with Gasteiger partial charge in [0.25, 0.3) is 5.91 Å². The van der Waals surface area contributed by atoms with E-state index in [1.807, 2.05) is 0 Å². The van der Waals surface area contributed by atoms with Crippen molar-refractivity contribution >= 4 is 11.9 Å². The third-order valence-electron chi connectivity index (χ3n) is 3.78. The van der Waals surface area contributed by atoms with Gasteiger partial charge in [0.2, 0.25) is 0 Å². The summed E-state index contributed by atoms with van der Waals surface area (Å²) in [5.41, 5.74) is 0.632. The Morgan fingerprint density at radius 2 is 2.13 bits per heavy atom. The average Bonchev–Trinajstić information content (AvgIpc) is 3.24. The molecular formula is C16H15FN2O4. The van der Waals surface area contributed by atoms with Crippen molar-refractivity contribution < 1.29 is 23.6 Å². The van der Waals surface area contributed by atoms with Crippen LogP contribution < -0.4 is 5.32 Å². The molecule has 1 aromatic heterocycles. The average molecular weight is 318 g/mol. The highest BCUT2D eigenvalue weighted by atomic mass is 19.1. The second kappa shape index (κ2) is 5.83. The van der Waals surface area contributed by atoms with Crippen LogP contribution in [0.25, 0.3) is 0 Å². The number of carboxylic acid groups (broad SMARTS) is 1. The highest BCUT2D eigenvalue weighted by molar-refractivity contribution is 5.95. The topological polar surface area (TPSA) is 92.4 Å². The molecule has 2 aromatic rings. The zero-order valence-corrected chi connectivity index (χ0v) is 12.4. The molecule has 0 radical (unpaired) electrons. The van der Waals surface area contributed by atoms with Crippen molar-refractivity contribution in [1.82, 2.24) is 10.5 Å². The van der Waals surface area contributed by atoms with E-state index >= 15 is 0 Å². The number of aliphatic carboxylic acids is 1. The molecule has 120 valence electrons. The number of nitrogens with one attached hydrogen (secondary N) is 1. The molecule has 1 amide bonds. The fourth-order valence-corrected chi connectivity index (χ4v) is 2.30. The standard InChI is InChI=1S/C16H15FN2O4/c1-8-6-10(4-5-11(8)17)14(16(21)22)18-15(20)12-7-13(23-19-12)9-2-3-9/h4-7,9,14H,2-3H2,1H3,(H,18,20)(H,21,22). The maximum absolute atomic E-state index is 13.3. The van der Waals surface area contributed by atoms with Gasteiger partial charge in [0.05, 0.1) is 0 Å². The first-order valence-electron chi connectivity index (χ1n) is 7.22. The molecule has 1 heterocycles. The van der Waals surface area contributed by atoms with Crippen LogP contribution in [0.5, 0.6) is 0 Å². The Morgan fingerprint density at radius 1 is 1.39 bits per heavy atom. The predicted molar refractivity (Wildman–Crippen MR) is 77.5 cm³/mol. The summed E-state index contributed by atoms with van der Waals surface area (Å²) in [6.07, 6.45) is 2.01. The first kappa shape index (κ1) is 15.2. The first-order valence-corrected chi connectivity index (χ1v) is 7.22. The normalized spacial score (nSPS) is 15.2. The molecule has 6 nitrogen and oxygen atoms in total. The summed E-state index contributed by atoms with van der Waals surface area (Å²) in [6, 6.07) is 4.14. The quantitative estimate of drug-likeness (QED) is 0.884. The van der Waals surface area contributed by atoms with Crippen LogP contribution in [0.1, 0.15) is 52.2 Å². The molecule has 1 aliphatic rings. The Bertz CT molecular complexity index is 767. The van der Waals surface area contributed by atoms with E-state index in [0.29, 0.717) is 17.2 Å². The number of halogens is 1. The lowest BCUT2D eigenvalue weighted by Crippen LogP contribution is -2.34. The van der Waals surface area contributed by atoms with E-state index in [2.05, 4.69) is 10.5 Å². The lowest BCUT2D eigenvalue weighted by molar-refractivity contribution is -0.139. The molecule has 2 N–H and O–H groups in total. The number of carbonyl (C=O) groups is 2. The van der Waals surface area contributed by atoms with Gasteiger partial charge < -0.3 is 14.9 Å². The Kier molecular flexibility index (Phi) is 3.85. The molecule has 1 aliphatic carbocycles. The molecule has 7 heteroatoms. The number of rotatable bonds is 5. The molecule has 1 aromatic carbocycles. The largest absolute Gasteiger partial charge is 0.479 e. The van der Waals surface area contributed by atoms with E-state index in [1.54, 1.807) is 0 Å². The van der Waals surface area contributed by atoms with Gasteiger partial charge in [-0.25, -0.2) is 9.18 Å². The molecule has 1 fully saturated rings. The van der Waals surface area contributed by atoms with E-state index in [-0.39, 0.29) is 11.3 Å². The molecule has 0 saturated heterocycles. The molecule has 0 bridgehead atoms. The van der Waals surface area contributed by atoms with Crippen LogP contribution in [0, 0.1) is 12.7 Å². The predicted octanol–water partition coefficient (Wildman–Crippen LogP) is 2.56. The fraction of sp³-hybridized carbons (Fsp3) is 0.312. The number of aryl methyl sites for hydroxylation is 1. The van der Waals surface area contributed by atoms with Crippen LogP contribution >= 0.6 is 0 Å². The first-order chi connectivity index (χ1) is 11.0. The Hall–Kier alpha value is -2.70. The molecular weight excluding hydrogens is 303 g/mol. The van der Waals surface area contributed by atoms with E-state index in [9.17, 15) is 19.1 Å². The van der Waals surface area contributed by atoms with Gasteiger partial charge in [0.15, 0.2) is 11.7 Å². The molecule has 1 saturated carbocycles. The minimum atomic E-state index is -1.29. The lowest BCUT2D eigenvalue weighted by atomic mass is 10.0. The Labute approximate surface area is 131 Å². The maximum Gasteiger partial charge on any atom is 0.330 e. The summed E-state index contributed by atoms with van der Waals surface area (Å²) < 4.78 is 18.4. The second-order valence-electron chi connectivity index (χ2n) is 5.64. The summed E-state index contributed by atoms with van der Waals surface area (Å²) in [7, 11) is 0. The zero-order chi connectivity index (χ0) is 16.6. The monoisotopic (exact) mass is 318 g/mol. The van der Waals surface area contributed by atoms with E-state index < -0.39 is 23.7 Å². The summed E-state index contributed by atoms with van der Waals surface area (Å²) in [6.45, 7) is 1.53. The van der Waals surface area contributed by atoms with Crippen molar-refractivity contribution in [3.05, 3.63) is 52.7 Å². The van der Waals surface area contributed by atoms with Gasteiger partial charge in [0.1, 0.15) is 11.6 Å². The van der Waals surface area contributed by atoms with Gasteiger partial charge in [-0.15, -0.1) is 0 Å². The summed E-state index contributed by atoms with van der Waals surface area (Å²) in [4.78, 5) is 23.6. The molecule has 0 aliphatic heterocycles.